The van der Waals surface area contributed by atoms with Crippen molar-refractivity contribution in [3.63, 3.8) is 0 Å². The molecule has 1 aliphatic rings. The average molecular weight is 473 g/mol. The molecular weight excluding hydrogens is 452 g/mol. The molecule has 1 fully saturated rings. The van der Waals surface area contributed by atoms with Crippen LogP contribution in [0.15, 0.2) is 60.9 Å². The Balaban J connectivity index is 1.37. The number of halogens is 1. The number of rotatable bonds is 5. The summed E-state index contributed by atoms with van der Waals surface area (Å²) in [5.74, 6) is 2.00. The van der Waals surface area contributed by atoms with Gasteiger partial charge in [-0.25, -0.2) is 9.97 Å². The zero-order valence-corrected chi connectivity index (χ0v) is 18.8. The number of pyridine rings is 1. The summed E-state index contributed by atoms with van der Waals surface area (Å²) in [6.45, 7) is 0. The van der Waals surface area contributed by atoms with Crippen molar-refractivity contribution >= 4 is 39.5 Å². The number of nitrogens with one attached hydrogen (secondary N) is 2. The molecule has 2 atom stereocenters. The Labute approximate surface area is 199 Å². The molecule has 0 saturated heterocycles. The van der Waals surface area contributed by atoms with Crippen molar-refractivity contribution < 1.29 is 14.6 Å². The van der Waals surface area contributed by atoms with E-state index in [1.54, 1.807) is 30.6 Å². The molecule has 170 valence electrons. The van der Waals surface area contributed by atoms with Crippen molar-refractivity contribution in [3.05, 3.63) is 82.9 Å². The van der Waals surface area contributed by atoms with Gasteiger partial charge in [0.05, 0.1) is 33.8 Å². The molecule has 1 saturated carbocycles. The molecule has 7 nitrogen and oxygen atoms in total. The van der Waals surface area contributed by atoms with E-state index in [2.05, 4.69) is 15.0 Å². The maximum Gasteiger partial charge on any atom is 0.196 e. The number of hydrogen-bond donors (Lipinski definition) is 3. The highest BCUT2D eigenvalue weighted by atomic mass is 35.5. The van der Waals surface area contributed by atoms with Gasteiger partial charge in [0, 0.05) is 23.7 Å². The Morgan fingerprint density at radius 2 is 1.94 bits per heavy atom. The molecule has 2 aromatic carbocycles. The largest absolute Gasteiger partial charge is 0.457 e. The second kappa shape index (κ2) is 8.27. The lowest BCUT2D eigenvalue weighted by molar-refractivity contribution is 0.104. The number of H-pyrrole nitrogens is 2. The third-order valence-corrected chi connectivity index (χ3v) is 6.68. The summed E-state index contributed by atoms with van der Waals surface area (Å²) in [5.41, 5.74) is 2.85. The van der Waals surface area contributed by atoms with Crippen LogP contribution in [0.1, 0.15) is 46.9 Å². The smallest absolute Gasteiger partial charge is 0.196 e. The number of ketones is 1. The SMILES string of the molecule is O=C(c1ccc(Oc2ccccc2)cc1Cl)c1c[nH]c2ncc3[nH]c([C@H]4CC[C@H](O)C4)nc3c12. The van der Waals surface area contributed by atoms with E-state index in [1.807, 2.05) is 30.3 Å². The number of carbonyl (C=O) groups is 1. The third-order valence-electron chi connectivity index (χ3n) is 6.37. The van der Waals surface area contributed by atoms with Gasteiger partial charge < -0.3 is 19.8 Å². The van der Waals surface area contributed by atoms with Crippen molar-refractivity contribution in [2.24, 2.45) is 0 Å². The number of imidazole rings is 1. The minimum absolute atomic E-state index is 0.169. The van der Waals surface area contributed by atoms with Crippen LogP contribution in [-0.2, 0) is 0 Å². The van der Waals surface area contributed by atoms with Gasteiger partial charge in [-0.15, -0.1) is 0 Å². The van der Waals surface area contributed by atoms with Crippen molar-refractivity contribution in [1.29, 1.82) is 0 Å². The molecule has 0 radical (unpaired) electrons. The highest BCUT2D eigenvalue weighted by Gasteiger charge is 2.28. The van der Waals surface area contributed by atoms with Crippen molar-refractivity contribution in [2.45, 2.75) is 31.3 Å². The molecule has 34 heavy (non-hydrogen) atoms. The summed E-state index contributed by atoms with van der Waals surface area (Å²) in [5, 5.41) is 10.9. The van der Waals surface area contributed by atoms with E-state index in [-0.39, 0.29) is 17.8 Å². The Morgan fingerprint density at radius 3 is 2.71 bits per heavy atom. The highest BCUT2D eigenvalue weighted by Crippen LogP contribution is 2.36. The monoisotopic (exact) mass is 472 g/mol. The molecule has 0 bridgehead atoms. The van der Waals surface area contributed by atoms with Crippen molar-refractivity contribution in [3.8, 4) is 11.5 Å². The lowest BCUT2D eigenvalue weighted by atomic mass is 10.0. The number of ether oxygens (including phenoxy) is 1. The lowest BCUT2D eigenvalue weighted by Crippen LogP contribution is -2.02. The second-order valence-corrected chi connectivity index (χ2v) is 9.03. The van der Waals surface area contributed by atoms with E-state index < -0.39 is 0 Å². The quantitative estimate of drug-likeness (QED) is 0.283. The topological polar surface area (TPSA) is 104 Å². The molecule has 6 rings (SSSR count). The van der Waals surface area contributed by atoms with Crippen LogP contribution in [-0.4, -0.2) is 36.9 Å². The molecule has 0 unspecified atom stereocenters. The first-order valence-electron chi connectivity index (χ1n) is 11.2. The molecule has 0 amide bonds. The first-order chi connectivity index (χ1) is 16.6. The summed E-state index contributed by atoms with van der Waals surface area (Å²) >= 11 is 6.51. The van der Waals surface area contributed by atoms with Gasteiger partial charge in [0.15, 0.2) is 5.78 Å². The van der Waals surface area contributed by atoms with Crippen LogP contribution in [0.25, 0.3) is 22.1 Å². The van der Waals surface area contributed by atoms with E-state index in [1.165, 1.54) is 0 Å². The van der Waals surface area contributed by atoms with Crippen LogP contribution in [0.5, 0.6) is 11.5 Å². The minimum atomic E-state index is -0.295. The van der Waals surface area contributed by atoms with Crippen LogP contribution in [0.3, 0.4) is 0 Å². The number of benzene rings is 2. The normalized spacial score (nSPS) is 18.1. The van der Waals surface area contributed by atoms with E-state index in [0.717, 1.165) is 24.2 Å². The minimum Gasteiger partial charge on any atom is -0.457 e. The zero-order valence-electron chi connectivity index (χ0n) is 18.1. The van der Waals surface area contributed by atoms with Crippen LogP contribution in [0.2, 0.25) is 5.02 Å². The second-order valence-electron chi connectivity index (χ2n) is 8.62. The Bertz CT molecular complexity index is 1530. The fraction of sp³-hybridized carbons (Fsp3) is 0.192. The van der Waals surface area contributed by atoms with Gasteiger partial charge >= 0.3 is 0 Å². The predicted octanol–water partition coefficient (Wildman–Crippen LogP) is 5.74. The zero-order chi connectivity index (χ0) is 23.2. The van der Waals surface area contributed by atoms with Crippen LogP contribution >= 0.6 is 11.6 Å². The third kappa shape index (κ3) is 3.63. The number of aromatic nitrogens is 4. The average Bonchev–Trinajstić information content (AvgIpc) is 3.56. The number of carbonyl (C=O) groups excluding carboxylic acids is 1. The molecule has 3 N–H and O–H groups in total. The lowest BCUT2D eigenvalue weighted by Gasteiger charge is -2.08. The van der Waals surface area contributed by atoms with E-state index >= 15 is 0 Å². The van der Waals surface area contributed by atoms with Gasteiger partial charge in [-0.05, 0) is 43.5 Å². The summed E-state index contributed by atoms with van der Waals surface area (Å²) < 4.78 is 5.83. The summed E-state index contributed by atoms with van der Waals surface area (Å²) in [7, 11) is 0. The fourth-order valence-electron chi connectivity index (χ4n) is 4.66. The first-order valence-corrected chi connectivity index (χ1v) is 11.6. The molecular formula is C26H21ClN4O3. The van der Waals surface area contributed by atoms with E-state index in [0.29, 0.717) is 50.6 Å². The number of nitrogens with zero attached hydrogens (tertiary/aromatic N) is 2. The van der Waals surface area contributed by atoms with E-state index in [9.17, 15) is 9.90 Å². The van der Waals surface area contributed by atoms with Gasteiger partial charge in [-0.3, -0.25) is 4.79 Å². The number of para-hydroxylation sites is 1. The Hall–Kier alpha value is -3.68. The van der Waals surface area contributed by atoms with Crippen LogP contribution in [0.4, 0.5) is 0 Å². The molecule has 3 heterocycles. The molecule has 1 aliphatic carbocycles. The number of aliphatic hydroxyl groups excluding tert-OH is 1. The fourth-order valence-corrected chi connectivity index (χ4v) is 4.92. The van der Waals surface area contributed by atoms with Crippen molar-refractivity contribution in [1.82, 2.24) is 19.9 Å². The molecule has 0 aliphatic heterocycles. The predicted molar refractivity (Wildman–Crippen MR) is 130 cm³/mol. The Kier molecular flexibility index (Phi) is 5.08. The number of hydrogen-bond acceptors (Lipinski definition) is 5. The summed E-state index contributed by atoms with van der Waals surface area (Å²) in [6.07, 6.45) is 5.40. The highest BCUT2D eigenvalue weighted by molar-refractivity contribution is 6.36. The number of fused-ring (bicyclic) bond motifs is 3. The van der Waals surface area contributed by atoms with Crippen LogP contribution < -0.4 is 4.74 Å². The maximum atomic E-state index is 13.5. The number of aliphatic hydroxyl groups is 1. The van der Waals surface area contributed by atoms with Gasteiger partial charge in [0.25, 0.3) is 0 Å². The molecule has 5 aromatic rings. The van der Waals surface area contributed by atoms with E-state index in [4.69, 9.17) is 21.3 Å². The standard InChI is InChI=1S/C26H21ClN4O3/c27-20-11-17(34-16-4-2-1-3-5-16)8-9-18(20)24(33)19-12-28-26-22(19)23-21(13-29-26)30-25(31-23)14-6-7-15(32)10-14/h1-5,8-9,11-15,32H,6-7,10H2,(H,28,29)(H,30,31)/t14-,15-/m0/s1. The van der Waals surface area contributed by atoms with Gasteiger partial charge in [0.1, 0.15) is 28.5 Å². The van der Waals surface area contributed by atoms with Crippen molar-refractivity contribution in [2.75, 3.05) is 0 Å². The maximum absolute atomic E-state index is 13.5. The molecule has 3 aromatic heterocycles. The molecule has 0 spiro atoms. The van der Waals surface area contributed by atoms with Crippen LogP contribution in [0, 0.1) is 0 Å². The van der Waals surface area contributed by atoms with Gasteiger partial charge in [0.2, 0.25) is 0 Å². The number of aromatic amines is 2. The first kappa shape index (κ1) is 20.9. The van der Waals surface area contributed by atoms with Gasteiger partial charge in [-0.1, -0.05) is 29.8 Å². The van der Waals surface area contributed by atoms with Gasteiger partial charge in [-0.2, -0.15) is 0 Å². The summed E-state index contributed by atoms with van der Waals surface area (Å²) in [6, 6.07) is 14.4. The Morgan fingerprint density at radius 1 is 1.09 bits per heavy atom. The summed E-state index contributed by atoms with van der Waals surface area (Å²) in [4.78, 5) is 29.2. The molecule has 8 heteroatoms.